The van der Waals surface area contributed by atoms with E-state index in [0.717, 1.165) is 0 Å². The van der Waals surface area contributed by atoms with E-state index in [2.05, 4.69) is 6.07 Å². The summed E-state index contributed by atoms with van der Waals surface area (Å²) in [6.07, 6.45) is 1.29. The maximum Gasteiger partial charge on any atom is 0.128 e. The van der Waals surface area contributed by atoms with Gasteiger partial charge in [-0.2, -0.15) is 5.26 Å². The number of benzene rings is 1. The molecule has 3 nitrogen and oxygen atoms in total. The van der Waals surface area contributed by atoms with Crippen molar-refractivity contribution < 1.29 is 13.9 Å². The average molecular weight is 275 g/mol. The topological polar surface area (TPSA) is 42.2 Å². The Labute approximate surface area is 118 Å². The Morgan fingerprint density at radius 2 is 2.10 bits per heavy atom. The lowest BCUT2D eigenvalue weighted by Crippen LogP contribution is -2.40. The fraction of sp³-hybridized carbons (Fsp3) is 0.562. The van der Waals surface area contributed by atoms with Crippen molar-refractivity contribution in [2.24, 2.45) is 5.92 Å². The molecule has 106 valence electrons. The van der Waals surface area contributed by atoms with E-state index in [1.807, 2.05) is 13.8 Å². The van der Waals surface area contributed by atoms with E-state index in [1.54, 1.807) is 18.2 Å². The molecule has 2 fully saturated rings. The highest BCUT2D eigenvalue weighted by Gasteiger charge is 2.62. The van der Waals surface area contributed by atoms with Gasteiger partial charge in [-0.25, -0.2) is 4.39 Å². The van der Waals surface area contributed by atoms with Crippen molar-refractivity contribution in [2.75, 3.05) is 0 Å². The highest BCUT2D eigenvalue weighted by molar-refractivity contribution is 5.18. The lowest BCUT2D eigenvalue weighted by Gasteiger charge is -2.31. The Balaban J connectivity index is 1.70. The maximum absolute atomic E-state index is 13.6. The number of halogens is 1. The average Bonchev–Trinajstić information content (AvgIpc) is 2.82. The SMILES string of the molecule is C[C@@]12C[C@H](OCc3ccccc3F)[C@@](C)(CC1C#N)O2. The Kier molecular flexibility index (Phi) is 3.07. The molecule has 0 spiro atoms. The van der Waals surface area contributed by atoms with Crippen LogP contribution in [0.15, 0.2) is 24.3 Å². The highest BCUT2D eigenvalue weighted by Crippen LogP contribution is 2.54. The number of ether oxygens (including phenoxy) is 2. The molecule has 0 radical (unpaired) electrons. The summed E-state index contributed by atoms with van der Waals surface area (Å²) in [5, 5.41) is 9.18. The molecule has 1 aromatic carbocycles. The number of rotatable bonds is 3. The molecule has 2 saturated heterocycles. The molecular formula is C16H18FNO2. The minimum atomic E-state index is -0.430. The van der Waals surface area contributed by atoms with Crippen LogP contribution in [0, 0.1) is 23.1 Å². The van der Waals surface area contributed by atoms with Crippen molar-refractivity contribution in [2.45, 2.75) is 50.6 Å². The maximum atomic E-state index is 13.6. The second-order valence-corrected chi connectivity index (χ2v) is 6.21. The standard InChI is InChI=1S/C16H18FNO2/c1-15-8-14(16(2,20-15)7-12(15)9-18)19-10-11-5-3-4-6-13(11)17/h3-6,12,14H,7-8,10H2,1-2H3/t12?,14-,15+,16+/m0/s1. The normalized spacial score (nSPS) is 38.9. The summed E-state index contributed by atoms with van der Waals surface area (Å²) in [4.78, 5) is 0. The number of hydrogen-bond donors (Lipinski definition) is 0. The highest BCUT2D eigenvalue weighted by atomic mass is 19.1. The molecule has 4 heteroatoms. The summed E-state index contributed by atoms with van der Waals surface area (Å²) >= 11 is 0. The quantitative estimate of drug-likeness (QED) is 0.850. The molecular weight excluding hydrogens is 257 g/mol. The molecule has 0 amide bonds. The van der Waals surface area contributed by atoms with Crippen molar-refractivity contribution in [1.29, 1.82) is 5.26 Å². The molecule has 20 heavy (non-hydrogen) atoms. The molecule has 3 rings (SSSR count). The molecule has 2 bridgehead atoms. The number of hydrogen-bond acceptors (Lipinski definition) is 3. The zero-order valence-electron chi connectivity index (χ0n) is 11.7. The first-order chi connectivity index (χ1) is 9.47. The predicted octanol–water partition coefficient (Wildman–Crippen LogP) is 3.19. The third kappa shape index (κ3) is 2.02. The van der Waals surface area contributed by atoms with Crippen LogP contribution < -0.4 is 0 Å². The van der Waals surface area contributed by atoms with Crippen LogP contribution in [0.5, 0.6) is 0 Å². The fourth-order valence-corrected chi connectivity index (χ4v) is 3.45. The monoisotopic (exact) mass is 275 g/mol. The van der Waals surface area contributed by atoms with Gasteiger partial charge in [-0.1, -0.05) is 18.2 Å². The van der Waals surface area contributed by atoms with Crippen LogP contribution in [0.4, 0.5) is 4.39 Å². The summed E-state index contributed by atoms with van der Waals surface area (Å²) in [5.74, 6) is -0.330. The third-order valence-electron chi connectivity index (χ3n) is 4.64. The molecule has 1 aromatic rings. The van der Waals surface area contributed by atoms with Gasteiger partial charge in [0.2, 0.25) is 0 Å². The van der Waals surface area contributed by atoms with Gasteiger partial charge in [-0.05, 0) is 26.3 Å². The van der Waals surface area contributed by atoms with Crippen LogP contribution in [-0.2, 0) is 16.1 Å². The van der Waals surface area contributed by atoms with E-state index in [9.17, 15) is 9.65 Å². The van der Waals surface area contributed by atoms with Gasteiger partial charge in [0.1, 0.15) is 5.82 Å². The van der Waals surface area contributed by atoms with E-state index in [4.69, 9.17) is 9.47 Å². The van der Waals surface area contributed by atoms with Crippen LogP contribution in [0.1, 0.15) is 32.3 Å². The smallest absolute Gasteiger partial charge is 0.128 e. The number of nitrogens with zero attached hydrogens (tertiary/aromatic N) is 1. The zero-order valence-corrected chi connectivity index (χ0v) is 11.7. The summed E-state index contributed by atoms with van der Waals surface area (Å²) < 4.78 is 25.5. The second-order valence-electron chi connectivity index (χ2n) is 6.21. The number of nitriles is 1. The van der Waals surface area contributed by atoms with Crippen molar-refractivity contribution in [3.05, 3.63) is 35.6 Å². The van der Waals surface area contributed by atoms with Crippen LogP contribution in [0.2, 0.25) is 0 Å². The van der Waals surface area contributed by atoms with E-state index in [-0.39, 0.29) is 24.4 Å². The van der Waals surface area contributed by atoms with Gasteiger partial charge in [-0.15, -0.1) is 0 Å². The Morgan fingerprint density at radius 3 is 2.70 bits per heavy atom. The molecule has 0 N–H and O–H groups in total. The second kappa shape index (κ2) is 4.54. The van der Waals surface area contributed by atoms with Gasteiger partial charge in [0.05, 0.1) is 35.9 Å². The summed E-state index contributed by atoms with van der Waals surface area (Å²) in [6, 6.07) is 8.95. The van der Waals surface area contributed by atoms with Crippen molar-refractivity contribution in [3.63, 3.8) is 0 Å². The largest absolute Gasteiger partial charge is 0.370 e. The number of fused-ring (bicyclic) bond motifs is 2. The lowest BCUT2D eigenvalue weighted by molar-refractivity contribution is -0.0833. The van der Waals surface area contributed by atoms with Gasteiger partial charge in [0, 0.05) is 12.0 Å². The first-order valence-electron chi connectivity index (χ1n) is 6.92. The molecule has 2 aliphatic heterocycles. The van der Waals surface area contributed by atoms with Crippen LogP contribution in [-0.4, -0.2) is 17.3 Å². The molecule has 0 saturated carbocycles. The summed E-state index contributed by atoms with van der Waals surface area (Å²) in [6.45, 7) is 4.20. The van der Waals surface area contributed by atoms with Gasteiger partial charge < -0.3 is 9.47 Å². The van der Waals surface area contributed by atoms with Gasteiger partial charge in [-0.3, -0.25) is 0 Å². The van der Waals surface area contributed by atoms with Crippen LogP contribution in [0.25, 0.3) is 0 Å². The summed E-state index contributed by atoms with van der Waals surface area (Å²) in [5.41, 5.74) is -0.301. The Morgan fingerprint density at radius 1 is 1.35 bits per heavy atom. The van der Waals surface area contributed by atoms with Crippen molar-refractivity contribution in [3.8, 4) is 6.07 Å². The predicted molar refractivity (Wildman–Crippen MR) is 71.2 cm³/mol. The molecule has 1 unspecified atom stereocenters. The zero-order chi connectivity index (χ0) is 14.4. The van der Waals surface area contributed by atoms with Crippen molar-refractivity contribution >= 4 is 0 Å². The third-order valence-corrected chi connectivity index (χ3v) is 4.64. The molecule has 2 aliphatic rings. The Bertz CT molecular complexity index is 570. The first kappa shape index (κ1) is 13.5. The van der Waals surface area contributed by atoms with E-state index < -0.39 is 11.2 Å². The van der Waals surface area contributed by atoms with Gasteiger partial charge in [0.15, 0.2) is 0 Å². The minimum absolute atomic E-state index is 0.0826. The minimum Gasteiger partial charge on any atom is -0.370 e. The van der Waals surface area contributed by atoms with E-state index in [0.29, 0.717) is 18.4 Å². The van der Waals surface area contributed by atoms with E-state index >= 15 is 0 Å². The lowest BCUT2D eigenvalue weighted by atomic mass is 9.74. The van der Waals surface area contributed by atoms with Gasteiger partial charge >= 0.3 is 0 Å². The first-order valence-corrected chi connectivity index (χ1v) is 6.92. The van der Waals surface area contributed by atoms with Crippen LogP contribution in [0.3, 0.4) is 0 Å². The summed E-state index contributed by atoms with van der Waals surface area (Å²) in [7, 11) is 0. The molecule has 2 heterocycles. The fourth-order valence-electron chi connectivity index (χ4n) is 3.45. The Hall–Kier alpha value is -1.44. The van der Waals surface area contributed by atoms with E-state index in [1.165, 1.54) is 6.07 Å². The molecule has 4 atom stereocenters. The molecule has 0 aliphatic carbocycles. The van der Waals surface area contributed by atoms with Gasteiger partial charge in [0.25, 0.3) is 0 Å². The molecule has 0 aromatic heterocycles. The van der Waals surface area contributed by atoms with Crippen LogP contribution >= 0.6 is 0 Å². The van der Waals surface area contributed by atoms with Crippen molar-refractivity contribution in [1.82, 2.24) is 0 Å².